The van der Waals surface area contributed by atoms with E-state index in [2.05, 4.69) is 33.6 Å². The quantitative estimate of drug-likeness (QED) is 0.815. The van der Waals surface area contributed by atoms with Crippen LogP contribution in [0.2, 0.25) is 0 Å². The average Bonchev–Trinajstić information content (AvgIpc) is 3.03. The number of nitrogens with one attached hydrogen (secondary N) is 1. The molecule has 1 aliphatic heterocycles. The molecule has 1 aromatic heterocycles. The Labute approximate surface area is 112 Å². The Bertz CT molecular complexity index is 564. The number of benzene rings is 1. The summed E-state index contributed by atoms with van der Waals surface area (Å²) in [7, 11) is 1.89. The van der Waals surface area contributed by atoms with Crippen LogP contribution in [0.5, 0.6) is 5.75 Å². The SMILES string of the molecule is Cn1cnc(CCNCc2ccc3c(c2)CCO3)n1. The molecular formula is C14H18N4O. The fourth-order valence-corrected chi connectivity index (χ4v) is 2.28. The van der Waals surface area contributed by atoms with Crippen LogP contribution >= 0.6 is 0 Å². The Morgan fingerprint density at radius 2 is 2.37 bits per heavy atom. The molecule has 0 bridgehead atoms. The van der Waals surface area contributed by atoms with Crippen molar-refractivity contribution in [1.29, 1.82) is 0 Å². The monoisotopic (exact) mass is 258 g/mol. The second-order valence-corrected chi connectivity index (χ2v) is 4.80. The molecule has 19 heavy (non-hydrogen) atoms. The molecule has 0 unspecified atom stereocenters. The van der Waals surface area contributed by atoms with E-state index in [1.165, 1.54) is 11.1 Å². The topological polar surface area (TPSA) is 52.0 Å². The van der Waals surface area contributed by atoms with Gasteiger partial charge in [-0.25, -0.2) is 4.98 Å². The summed E-state index contributed by atoms with van der Waals surface area (Å²) in [5.74, 6) is 1.93. The van der Waals surface area contributed by atoms with Gasteiger partial charge in [0.1, 0.15) is 12.1 Å². The van der Waals surface area contributed by atoms with Gasteiger partial charge in [-0.2, -0.15) is 5.10 Å². The van der Waals surface area contributed by atoms with Crippen molar-refractivity contribution in [2.45, 2.75) is 19.4 Å². The molecule has 5 heteroatoms. The molecular weight excluding hydrogens is 240 g/mol. The minimum atomic E-state index is 0.817. The lowest BCUT2D eigenvalue weighted by Gasteiger charge is -2.05. The van der Waals surface area contributed by atoms with Gasteiger partial charge in [-0.1, -0.05) is 12.1 Å². The van der Waals surface area contributed by atoms with Gasteiger partial charge < -0.3 is 10.1 Å². The molecule has 2 aromatic rings. The summed E-state index contributed by atoms with van der Waals surface area (Å²) in [4.78, 5) is 4.20. The number of hydrogen-bond acceptors (Lipinski definition) is 4. The molecule has 5 nitrogen and oxygen atoms in total. The maximum atomic E-state index is 5.50. The Balaban J connectivity index is 1.47. The third-order valence-electron chi connectivity index (χ3n) is 3.26. The summed E-state index contributed by atoms with van der Waals surface area (Å²) in [6, 6.07) is 6.42. The zero-order chi connectivity index (χ0) is 13.1. The Kier molecular flexibility index (Phi) is 3.46. The van der Waals surface area contributed by atoms with E-state index in [-0.39, 0.29) is 0 Å². The van der Waals surface area contributed by atoms with Crippen molar-refractivity contribution in [2.75, 3.05) is 13.2 Å². The highest BCUT2D eigenvalue weighted by atomic mass is 16.5. The molecule has 0 saturated carbocycles. The first kappa shape index (κ1) is 12.2. The van der Waals surface area contributed by atoms with Gasteiger partial charge in [-0.15, -0.1) is 0 Å². The van der Waals surface area contributed by atoms with Crippen LogP contribution in [0.25, 0.3) is 0 Å². The molecule has 0 fully saturated rings. The van der Waals surface area contributed by atoms with Crippen molar-refractivity contribution in [2.24, 2.45) is 7.05 Å². The average molecular weight is 258 g/mol. The second kappa shape index (κ2) is 5.40. The lowest BCUT2D eigenvalue weighted by molar-refractivity contribution is 0.357. The van der Waals surface area contributed by atoms with E-state index in [4.69, 9.17) is 4.74 Å². The Morgan fingerprint density at radius 3 is 3.21 bits per heavy atom. The van der Waals surface area contributed by atoms with E-state index in [0.29, 0.717) is 0 Å². The van der Waals surface area contributed by atoms with E-state index in [0.717, 1.165) is 44.1 Å². The fraction of sp³-hybridized carbons (Fsp3) is 0.429. The van der Waals surface area contributed by atoms with Crippen molar-refractivity contribution >= 4 is 0 Å². The smallest absolute Gasteiger partial charge is 0.151 e. The van der Waals surface area contributed by atoms with Crippen molar-refractivity contribution in [3.8, 4) is 5.75 Å². The van der Waals surface area contributed by atoms with Crippen LogP contribution in [0.1, 0.15) is 17.0 Å². The highest BCUT2D eigenvalue weighted by Crippen LogP contribution is 2.25. The summed E-state index contributed by atoms with van der Waals surface area (Å²) >= 11 is 0. The first-order valence-electron chi connectivity index (χ1n) is 6.61. The minimum Gasteiger partial charge on any atom is -0.493 e. The molecule has 1 N–H and O–H groups in total. The van der Waals surface area contributed by atoms with Gasteiger partial charge in [0.15, 0.2) is 5.82 Å². The van der Waals surface area contributed by atoms with Crippen LogP contribution in [0.4, 0.5) is 0 Å². The number of aromatic nitrogens is 3. The predicted molar refractivity (Wildman–Crippen MR) is 72.1 cm³/mol. The Morgan fingerprint density at radius 1 is 1.42 bits per heavy atom. The standard InChI is InChI=1S/C14H18N4O/c1-18-10-16-14(17-18)4-6-15-9-11-2-3-13-12(8-11)5-7-19-13/h2-3,8,10,15H,4-7,9H2,1H3. The molecule has 0 radical (unpaired) electrons. The molecule has 100 valence electrons. The number of ether oxygens (including phenoxy) is 1. The maximum absolute atomic E-state index is 5.50. The zero-order valence-corrected chi connectivity index (χ0v) is 11.1. The molecule has 1 aliphatic rings. The Hall–Kier alpha value is -1.88. The number of aryl methyl sites for hydroxylation is 1. The van der Waals surface area contributed by atoms with Crippen molar-refractivity contribution in [3.63, 3.8) is 0 Å². The molecule has 0 aliphatic carbocycles. The second-order valence-electron chi connectivity index (χ2n) is 4.80. The van der Waals surface area contributed by atoms with Gasteiger partial charge >= 0.3 is 0 Å². The van der Waals surface area contributed by atoms with Crippen LogP contribution in [-0.4, -0.2) is 27.9 Å². The van der Waals surface area contributed by atoms with E-state index in [9.17, 15) is 0 Å². The van der Waals surface area contributed by atoms with Crippen LogP contribution in [-0.2, 0) is 26.4 Å². The minimum absolute atomic E-state index is 0.817. The number of nitrogens with zero attached hydrogens (tertiary/aromatic N) is 3. The molecule has 0 amide bonds. The van der Waals surface area contributed by atoms with Gasteiger partial charge in [0.05, 0.1) is 6.61 Å². The molecule has 0 saturated heterocycles. The number of hydrogen-bond donors (Lipinski definition) is 1. The van der Waals surface area contributed by atoms with E-state index in [1.807, 2.05) is 7.05 Å². The van der Waals surface area contributed by atoms with Crippen LogP contribution < -0.4 is 10.1 Å². The number of rotatable bonds is 5. The highest BCUT2D eigenvalue weighted by molar-refractivity contribution is 5.39. The molecule has 3 rings (SSSR count). The van der Waals surface area contributed by atoms with Gasteiger partial charge in [-0.3, -0.25) is 4.68 Å². The summed E-state index contributed by atoms with van der Waals surface area (Å²) in [6.45, 7) is 2.58. The summed E-state index contributed by atoms with van der Waals surface area (Å²) in [6.07, 6.45) is 3.62. The first-order valence-corrected chi connectivity index (χ1v) is 6.61. The van der Waals surface area contributed by atoms with E-state index < -0.39 is 0 Å². The molecule has 0 spiro atoms. The van der Waals surface area contributed by atoms with Gasteiger partial charge in [0, 0.05) is 33.0 Å². The van der Waals surface area contributed by atoms with Crippen molar-refractivity contribution < 1.29 is 4.74 Å². The summed E-state index contributed by atoms with van der Waals surface area (Å²) in [5, 5.41) is 7.67. The van der Waals surface area contributed by atoms with Crippen LogP contribution in [0.3, 0.4) is 0 Å². The first-order chi connectivity index (χ1) is 9.31. The predicted octanol–water partition coefficient (Wildman–Crippen LogP) is 1.08. The van der Waals surface area contributed by atoms with Gasteiger partial charge in [-0.05, 0) is 17.2 Å². The lowest BCUT2D eigenvalue weighted by Crippen LogP contribution is -2.17. The largest absolute Gasteiger partial charge is 0.493 e. The summed E-state index contributed by atoms with van der Waals surface area (Å²) < 4.78 is 7.23. The molecule has 2 heterocycles. The molecule has 1 aromatic carbocycles. The molecule has 0 atom stereocenters. The van der Waals surface area contributed by atoms with Crippen molar-refractivity contribution in [3.05, 3.63) is 41.5 Å². The third-order valence-corrected chi connectivity index (χ3v) is 3.26. The third kappa shape index (κ3) is 2.93. The van der Waals surface area contributed by atoms with E-state index in [1.54, 1.807) is 11.0 Å². The summed E-state index contributed by atoms with van der Waals surface area (Å²) in [5.41, 5.74) is 2.63. The highest BCUT2D eigenvalue weighted by Gasteiger charge is 2.11. The van der Waals surface area contributed by atoms with Gasteiger partial charge in [0.2, 0.25) is 0 Å². The normalized spacial score (nSPS) is 13.3. The zero-order valence-electron chi connectivity index (χ0n) is 11.1. The van der Waals surface area contributed by atoms with Crippen molar-refractivity contribution in [1.82, 2.24) is 20.1 Å². The van der Waals surface area contributed by atoms with Gasteiger partial charge in [0.25, 0.3) is 0 Å². The fourth-order valence-electron chi connectivity index (χ4n) is 2.28. The number of fused-ring (bicyclic) bond motifs is 1. The maximum Gasteiger partial charge on any atom is 0.151 e. The lowest BCUT2D eigenvalue weighted by atomic mass is 10.1. The van der Waals surface area contributed by atoms with Crippen LogP contribution in [0, 0.1) is 0 Å². The van der Waals surface area contributed by atoms with E-state index >= 15 is 0 Å². The van der Waals surface area contributed by atoms with Crippen LogP contribution in [0.15, 0.2) is 24.5 Å².